The van der Waals surface area contributed by atoms with E-state index in [4.69, 9.17) is 14.2 Å². The number of benzene rings is 2. The van der Waals surface area contributed by atoms with Crippen LogP contribution in [0, 0.1) is 0 Å². The van der Waals surface area contributed by atoms with E-state index in [1.165, 1.54) is 0 Å². The van der Waals surface area contributed by atoms with Gasteiger partial charge in [-0.25, -0.2) is 0 Å². The van der Waals surface area contributed by atoms with Gasteiger partial charge in [0, 0.05) is 11.3 Å². The van der Waals surface area contributed by atoms with E-state index in [0.717, 1.165) is 5.56 Å². The number of hydrogen-bond donors (Lipinski definition) is 2. The minimum absolute atomic E-state index is 0.0760. The average molecular weight is 415 g/mol. The zero-order valence-electron chi connectivity index (χ0n) is 18.0. The van der Waals surface area contributed by atoms with Crippen LogP contribution in [-0.4, -0.2) is 58.2 Å². The van der Waals surface area contributed by atoms with Crippen LogP contribution in [0.25, 0.3) is 0 Å². The average Bonchev–Trinajstić information content (AvgIpc) is 2.73. The largest absolute Gasteiger partial charge is 0.497 e. The number of nitrogens with zero attached hydrogens (tertiary/aromatic N) is 1. The maximum absolute atomic E-state index is 12.4. The Bertz CT molecular complexity index is 854. The van der Waals surface area contributed by atoms with Crippen LogP contribution in [0.3, 0.4) is 0 Å². The Balaban J connectivity index is 1.87. The molecular weight excluding hydrogens is 386 g/mol. The molecule has 0 unspecified atom stereocenters. The third kappa shape index (κ3) is 6.66. The predicted octanol–water partition coefficient (Wildman–Crippen LogP) is 2.46. The fourth-order valence-corrected chi connectivity index (χ4v) is 2.96. The van der Waals surface area contributed by atoms with Crippen LogP contribution < -0.4 is 24.8 Å². The van der Waals surface area contributed by atoms with Gasteiger partial charge < -0.3 is 24.8 Å². The number of rotatable bonds is 10. The molecule has 0 saturated carbocycles. The SMILES string of the molecule is COc1ccc(NC(=O)CN(C)CC(=O)N[C@@H](C)c2cc(OC)ccc2OC)cc1. The van der Waals surface area contributed by atoms with Gasteiger partial charge in [0.2, 0.25) is 11.8 Å². The van der Waals surface area contributed by atoms with Crippen molar-refractivity contribution in [3.8, 4) is 17.2 Å². The predicted molar refractivity (Wildman–Crippen MR) is 115 cm³/mol. The van der Waals surface area contributed by atoms with Gasteiger partial charge in [-0.05, 0) is 56.4 Å². The molecule has 0 bridgehead atoms. The molecular formula is C22H29N3O5. The first-order chi connectivity index (χ1) is 14.4. The zero-order valence-corrected chi connectivity index (χ0v) is 18.0. The van der Waals surface area contributed by atoms with Gasteiger partial charge in [0.15, 0.2) is 0 Å². The monoisotopic (exact) mass is 415 g/mol. The summed E-state index contributed by atoms with van der Waals surface area (Å²) in [5.74, 6) is 1.64. The highest BCUT2D eigenvalue weighted by molar-refractivity contribution is 5.92. The molecule has 2 aromatic carbocycles. The molecule has 0 aliphatic heterocycles. The van der Waals surface area contributed by atoms with Crippen molar-refractivity contribution >= 4 is 17.5 Å². The van der Waals surface area contributed by atoms with Crippen molar-refractivity contribution in [1.82, 2.24) is 10.2 Å². The van der Waals surface area contributed by atoms with Gasteiger partial charge in [-0.15, -0.1) is 0 Å². The summed E-state index contributed by atoms with van der Waals surface area (Å²) in [6.07, 6.45) is 0. The zero-order chi connectivity index (χ0) is 22.1. The first kappa shape index (κ1) is 23.0. The summed E-state index contributed by atoms with van der Waals surface area (Å²) in [4.78, 5) is 26.3. The number of ether oxygens (including phenoxy) is 3. The standard InChI is InChI=1S/C22H29N3O5/c1-15(19-12-18(29-4)10-11-20(19)30-5)23-21(26)13-25(2)14-22(27)24-16-6-8-17(28-3)9-7-16/h6-12,15H,13-14H2,1-5H3,(H,23,26)(H,24,27)/t15-/m0/s1. The molecule has 0 fully saturated rings. The van der Waals surface area contributed by atoms with Crippen LogP contribution in [-0.2, 0) is 9.59 Å². The Kier molecular flexibility index (Phi) is 8.49. The minimum Gasteiger partial charge on any atom is -0.497 e. The van der Waals surface area contributed by atoms with Crippen molar-refractivity contribution in [1.29, 1.82) is 0 Å². The van der Waals surface area contributed by atoms with Gasteiger partial charge in [-0.1, -0.05) is 0 Å². The second-order valence-electron chi connectivity index (χ2n) is 6.85. The number of amides is 2. The highest BCUT2D eigenvalue weighted by atomic mass is 16.5. The molecule has 30 heavy (non-hydrogen) atoms. The van der Waals surface area contributed by atoms with E-state index in [2.05, 4.69) is 10.6 Å². The number of likely N-dealkylation sites (N-methyl/N-ethyl adjacent to an activating group) is 1. The molecule has 2 N–H and O–H groups in total. The van der Waals surface area contributed by atoms with Gasteiger partial charge in [0.25, 0.3) is 0 Å². The van der Waals surface area contributed by atoms with E-state index in [-0.39, 0.29) is 30.9 Å². The van der Waals surface area contributed by atoms with E-state index in [1.807, 2.05) is 13.0 Å². The Morgan fingerprint density at radius 1 is 0.900 bits per heavy atom. The normalized spacial score (nSPS) is 11.5. The molecule has 162 valence electrons. The van der Waals surface area contributed by atoms with Crippen LogP contribution >= 0.6 is 0 Å². The summed E-state index contributed by atoms with van der Waals surface area (Å²) in [5.41, 5.74) is 1.47. The van der Waals surface area contributed by atoms with Gasteiger partial charge >= 0.3 is 0 Å². The maximum atomic E-state index is 12.4. The van der Waals surface area contributed by atoms with Crippen LogP contribution in [0.5, 0.6) is 17.2 Å². The Morgan fingerprint density at radius 3 is 2.10 bits per heavy atom. The summed E-state index contributed by atoms with van der Waals surface area (Å²) in [6.45, 7) is 2.02. The summed E-state index contributed by atoms with van der Waals surface area (Å²) in [7, 11) is 6.46. The van der Waals surface area contributed by atoms with Crippen molar-refractivity contribution in [2.24, 2.45) is 0 Å². The number of carbonyl (C=O) groups excluding carboxylic acids is 2. The lowest BCUT2D eigenvalue weighted by Gasteiger charge is -2.20. The Hall–Kier alpha value is -3.26. The third-order valence-corrected chi connectivity index (χ3v) is 4.48. The van der Waals surface area contributed by atoms with E-state index in [1.54, 1.807) is 69.7 Å². The highest BCUT2D eigenvalue weighted by Gasteiger charge is 2.17. The van der Waals surface area contributed by atoms with E-state index in [9.17, 15) is 9.59 Å². The van der Waals surface area contributed by atoms with Crippen molar-refractivity contribution in [2.45, 2.75) is 13.0 Å². The molecule has 0 heterocycles. The molecule has 0 aromatic heterocycles. The molecule has 8 nitrogen and oxygen atoms in total. The van der Waals surface area contributed by atoms with Crippen molar-refractivity contribution in [3.63, 3.8) is 0 Å². The van der Waals surface area contributed by atoms with Gasteiger partial charge in [-0.3, -0.25) is 14.5 Å². The van der Waals surface area contributed by atoms with E-state index < -0.39 is 0 Å². The first-order valence-electron chi connectivity index (χ1n) is 9.50. The molecule has 0 aliphatic rings. The quantitative estimate of drug-likeness (QED) is 0.620. The Morgan fingerprint density at radius 2 is 1.50 bits per heavy atom. The van der Waals surface area contributed by atoms with Crippen LogP contribution in [0.4, 0.5) is 5.69 Å². The molecule has 2 amide bonds. The molecule has 2 aromatic rings. The van der Waals surface area contributed by atoms with Crippen molar-refractivity contribution < 1.29 is 23.8 Å². The molecule has 1 atom stereocenters. The molecule has 8 heteroatoms. The lowest BCUT2D eigenvalue weighted by Crippen LogP contribution is -2.39. The lowest BCUT2D eigenvalue weighted by atomic mass is 10.1. The van der Waals surface area contributed by atoms with Gasteiger partial charge in [0.05, 0.1) is 40.5 Å². The summed E-state index contributed by atoms with van der Waals surface area (Å²) < 4.78 is 15.7. The second-order valence-corrected chi connectivity index (χ2v) is 6.85. The minimum atomic E-state index is -0.288. The smallest absolute Gasteiger partial charge is 0.238 e. The number of nitrogens with one attached hydrogen (secondary N) is 2. The molecule has 2 rings (SSSR count). The first-order valence-corrected chi connectivity index (χ1v) is 9.50. The fraction of sp³-hybridized carbons (Fsp3) is 0.364. The summed E-state index contributed by atoms with van der Waals surface area (Å²) in [6, 6.07) is 12.2. The number of carbonyl (C=O) groups is 2. The van der Waals surface area contributed by atoms with Crippen LogP contribution in [0.1, 0.15) is 18.5 Å². The van der Waals surface area contributed by atoms with Crippen molar-refractivity contribution in [2.75, 3.05) is 46.8 Å². The molecule has 0 aliphatic carbocycles. The third-order valence-electron chi connectivity index (χ3n) is 4.48. The topological polar surface area (TPSA) is 89.1 Å². The maximum Gasteiger partial charge on any atom is 0.238 e. The highest BCUT2D eigenvalue weighted by Crippen LogP contribution is 2.29. The summed E-state index contributed by atoms with van der Waals surface area (Å²) >= 11 is 0. The summed E-state index contributed by atoms with van der Waals surface area (Å²) in [5, 5.41) is 5.72. The molecule has 0 saturated heterocycles. The van der Waals surface area contributed by atoms with Crippen LogP contribution in [0.15, 0.2) is 42.5 Å². The number of anilines is 1. The fourth-order valence-electron chi connectivity index (χ4n) is 2.96. The molecule has 0 radical (unpaired) electrons. The van der Waals surface area contributed by atoms with E-state index >= 15 is 0 Å². The number of methoxy groups -OCH3 is 3. The van der Waals surface area contributed by atoms with Gasteiger partial charge in [-0.2, -0.15) is 0 Å². The van der Waals surface area contributed by atoms with Gasteiger partial charge in [0.1, 0.15) is 17.2 Å². The van der Waals surface area contributed by atoms with Crippen LogP contribution in [0.2, 0.25) is 0 Å². The second kappa shape index (κ2) is 11.1. The van der Waals surface area contributed by atoms with E-state index in [0.29, 0.717) is 22.9 Å². The lowest BCUT2D eigenvalue weighted by molar-refractivity contribution is -0.123. The van der Waals surface area contributed by atoms with Crippen molar-refractivity contribution in [3.05, 3.63) is 48.0 Å². The Labute approximate surface area is 177 Å². The molecule has 0 spiro atoms. The number of hydrogen-bond acceptors (Lipinski definition) is 6.